The molecule has 0 bridgehead atoms. The molecule has 0 saturated carbocycles. The molecule has 2 aliphatic heterocycles. The van der Waals surface area contributed by atoms with E-state index in [0.717, 1.165) is 44.6 Å². The van der Waals surface area contributed by atoms with Gasteiger partial charge in [0.15, 0.2) is 0 Å². The summed E-state index contributed by atoms with van der Waals surface area (Å²) in [6, 6.07) is 8.49. The van der Waals surface area contributed by atoms with Gasteiger partial charge in [0, 0.05) is 37.6 Å². The molecule has 1 amide bonds. The van der Waals surface area contributed by atoms with Gasteiger partial charge in [-0.05, 0) is 99.3 Å². The lowest BCUT2D eigenvalue weighted by Crippen LogP contribution is -2.45. The van der Waals surface area contributed by atoms with E-state index in [1.165, 1.54) is 48.1 Å². The van der Waals surface area contributed by atoms with Crippen LogP contribution in [0.2, 0.25) is 0 Å². The number of hydrogen-bond donors (Lipinski definition) is 0. The van der Waals surface area contributed by atoms with Gasteiger partial charge in [-0.3, -0.25) is 9.78 Å². The number of aryl methyl sites for hydroxylation is 3. The van der Waals surface area contributed by atoms with Gasteiger partial charge in [0.25, 0.3) is 5.91 Å². The zero-order valence-corrected chi connectivity index (χ0v) is 21.3. The van der Waals surface area contributed by atoms with Gasteiger partial charge < -0.3 is 20.8 Å². The van der Waals surface area contributed by atoms with Gasteiger partial charge in [-0.2, -0.15) is 0 Å². The number of amides is 1. The first-order valence-electron chi connectivity index (χ1n) is 11.1. The zero-order valence-electron chi connectivity index (χ0n) is 19.7. The molecule has 8 heteroatoms. The third-order valence-corrected chi connectivity index (χ3v) is 6.63. The number of halogens is 2. The van der Waals surface area contributed by atoms with Gasteiger partial charge in [0.1, 0.15) is 0 Å². The maximum Gasteiger partial charge on any atom is 0.254 e. The predicted octanol–water partition coefficient (Wildman–Crippen LogP) is 3.24. The summed E-state index contributed by atoms with van der Waals surface area (Å²) in [5.74, 6) is 0.835. The van der Waals surface area contributed by atoms with Crippen LogP contribution in [0.15, 0.2) is 36.7 Å². The van der Waals surface area contributed by atoms with Crippen molar-refractivity contribution in [2.24, 2.45) is 5.92 Å². The second-order valence-electron chi connectivity index (χ2n) is 8.87. The first-order chi connectivity index (χ1) is 14.1. The molecule has 0 aliphatic carbocycles. The third-order valence-electron chi connectivity index (χ3n) is 6.63. The molecule has 4 N–H and O–H groups in total. The fourth-order valence-electron chi connectivity index (χ4n) is 4.85. The number of hydrogen-bond acceptors (Lipinski definition) is 3. The van der Waals surface area contributed by atoms with Crippen LogP contribution in [0.4, 0.5) is 0 Å². The average molecular weight is 501 g/mol. The molecule has 186 valence electrons. The van der Waals surface area contributed by atoms with Crippen molar-refractivity contribution >= 4 is 30.7 Å². The van der Waals surface area contributed by atoms with Crippen LogP contribution in [0.1, 0.15) is 51.9 Å². The highest BCUT2D eigenvalue weighted by Crippen LogP contribution is 2.25. The molecule has 1 atom stereocenters. The first-order valence-corrected chi connectivity index (χ1v) is 11.1. The Morgan fingerprint density at radius 2 is 1.85 bits per heavy atom. The van der Waals surface area contributed by atoms with E-state index >= 15 is 0 Å². The van der Waals surface area contributed by atoms with E-state index in [4.69, 9.17) is 0 Å². The summed E-state index contributed by atoms with van der Waals surface area (Å²) < 4.78 is 0. The minimum atomic E-state index is 0. The largest absolute Gasteiger partial charge is 0.412 e. The first kappa shape index (κ1) is 31.3. The molecule has 2 aromatic rings. The molecule has 1 aromatic heterocycles. The molecule has 1 aromatic carbocycles. The fourth-order valence-corrected chi connectivity index (χ4v) is 4.85. The second kappa shape index (κ2) is 14.5. The van der Waals surface area contributed by atoms with E-state index in [-0.39, 0.29) is 41.7 Å². The SMILES string of the molecule is Cc1cc2c(cc1C)C(=O)N(CC1CCCN(CCCc3cccnc3)C1)CC2.Cl.Cl.O.O. The molecule has 33 heavy (non-hydrogen) atoms. The molecule has 0 spiro atoms. The molecule has 1 unspecified atom stereocenters. The van der Waals surface area contributed by atoms with Gasteiger partial charge in [-0.1, -0.05) is 12.1 Å². The Morgan fingerprint density at radius 3 is 2.58 bits per heavy atom. The Bertz CT molecular complexity index is 867. The number of rotatable bonds is 6. The summed E-state index contributed by atoms with van der Waals surface area (Å²) in [6.45, 7) is 9.47. The highest BCUT2D eigenvalue weighted by molar-refractivity contribution is 5.97. The van der Waals surface area contributed by atoms with Crippen molar-refractivity contribution in [1.82, 2.24) is 14.8 Å². The Balaban J connectivity index is 0.00000256. The summed E-state index contributed by atoms with van der Waals surface area (Å²) in [4.78, 5) is 22.0. The van der Waals surface area contributed by atoms with Crippen LogP contribution in [-0.4, -0.2) is 64.4 Å². The third kappa shape index (κ3) is 7.94. The van der Waals surface area contributed by atoms with Crippen LogP contribution in [0, 0.1) is 19.8 Å². The number of pyridine rings is 1. The van der Waals surface area contributed by atoms with Crippen LogP contribution < -0.4 is 0 Å². The van der Waals surface area contributed by atoms with Crippen molar-refractivity contribution in [2.45, 2.75) is 46.0 Å². The Hall–Kier alpha value is -1.70. The topological polar surface area (TPSA) is 99.4 Å². The number of nitrogens with zero attached hydrogens (tertiary/aromatic N) is 3. The molecule has 4 rings (SSSR count). The van der Waals surface area contributed by atoms with Crippen molar-refractivity contribution in [3.05, 3.63) is 64.5 Å². The molecule has 0 radical (unpaired) electrons. The molecular weight excluding hydrogens is 461 g/mol. The lowest BCUT2D eigenvalue weighted by Gasteiger charge is -2.37. The van der Waals surface area contributed by atoms with Crippen molar-refractivity contribution in [2.75, 3.05) is 32.7 Å². The Labute approximate surface area is 210 Å². The van der Waals surface area contributed by atoms with E-state index in [1.54, 1.807) is 0 Å². The number of aromatic nitrogens is 1. The quantitative estimate of drug-likeness (QED) is 0.609. The van der Waals surface area contributed by atoms with Crippen LogP contribution in [0.25, 0.3) is 0 Å². The van der Waals surface area contributed by atoms with Gasteiger partial charge in [0.05, 0.1) is 0 Å². The lowest BCUT2D eigenvalue weighted by atomic mass is 9.92. The van der Waals surface area contributed by atoms with E-state index in [1.807, 2.05) is 18.5 Å². The Kier molecular flexibility index (Phi) is 13.8. The lowest BCUT2D eigenvalue weighted by molar-refractivity contribution is 0.0661. The minimum absolute atomic E-state index is 0. The summed E-state index contributed by atoms with van der Waals surface area (Å²) in [7, 11) is 0. The minimum Gasteiger partial charge on any atom is -0.412 e. The fraction of sp³-hybridized carbons (Fsp3) is 0.520. The van der Waals surface area contributed by atoms with Crippen LogP contribution in [0.5, 0.6) is 0 Å². The van der Waals surface area contributed by atoms with Gasteiger partial charge >= 0.3 is 0 Å². The second-order valence-corrected chi connectivity index (χ2v) is 8.87. The van der Waals surface area contributed by atoms with Gasteiger partial charge in [-0.15, -0.1) is 24.8 Å². The van der Waals surface area contributed by atoms with E-state index in [2.05, 4.69) is 46.8 Å². The molecule has 1 saturated heterocycles. The summed E-state index contributed by atoms with van der Waals surface area (Å²) in [6.07, 6.45) is 9.55. The highest BCUT2D eigenvalue weighted by Gasteiger charge is 2.28. The smallest absolute Gasteiger partial charge is 0.254 e. The van der Waals surface area contributed by atoms with E-state index in [0.29, 0.717) is 5.92 Å². The number of carbonyl (C=O) groups is 1. The standard InChI is InChI=1S/C25H33N3O.2ClH.2H2O/c1-19-14-23-9-13-28(25(29)24(23)15-20(19)2)18-22-8-5-12-27(17-22)11-4-7-21-6-3-10-26-16-21;;;;/h3,6,10,14-16,22H,4-5,7-9,11-13,17-18H2,1-2H3;2*1H;2*1H2. The molecule has 1 fully saturated rings. The number of fused-ring (bicyclic) bond motifs is 1. The van der Waals surface area contributed by atoms with Crippen molar-refractivity contribution in [1.29, 1.82) is 0 Å². The van der Waals surface area contributed by atoms with E-state index in [9.17, 15) is 4.79 Å². The predicted molar refractivity (Wildman–Crippen MR) is 139 cm³/mol. The number of carbonyl (C=O) groups excluding carboxylic acids is 1. The molecular formula is C25H39Cl2N3O3. The maximum atomic E-state index is 13.1. The van der Waals surface area contributed by atoms with Crippen LogP contribution in [0.3, 0.4) is 0 Å². The average Bonchev–Trinajstić information content (AvgIpc) is 2.73. The van der Waals surface area contributed by atoms with E-state index < -0.39 is 0 Å². The number of likely N-dealkylation sites (tertiary alicyclic amines) is 1. The Morgan fingerprint density at radius 1 is 1.09 bits per heavy atom. The summed E-state index contributed by atoms with van der Waals surface area (Å²) in [5.41, 5.74) is 6.00. The normalized spacial score (nSPS) is 17.6. The summed E-state index contributed by atoms with van der Waals surface area (Å²) in [5, 5.41) is 0. The zero-order chi connectivity index (χ0) is 20.2. The van der Waals surface area contributed by atoms with Gasteiger partial charge in [0.2, 0.25) is 0 Å². The number of benzene rings is 1. The van der Waals surface area contributed by atoms with Crippen LogP contribution >= 0.6 is 24.8 Å². The van der Waals surface area contributed by atoms with Gasteiger partial charge in [-0.25, -0.2) is 0 Å². The number of piperidine rings is 1. The highest BCUT2D eigenvalue weighted by atomic mass is 35.5. The van der Waals surface area contributed by atoms with Crippen LogP contribution in [-0.2, 0) is 12.8 Å². The van der Waals surface area contributed by atoms with Crippen molar-refractivity contribution in [3.8, 4) is 0 Å². The van der Waals surface area contributed by atoms with Crippen molar-refractivity contribution in [3.63, 3.8) is 0 Å². The van der Waals surface area contributed by atoms with Crippen molar-refractivity contribution < 1.29 is 15.7 Å². The molecule has 3 heterocycles. The molecule has 2 aliphatic rings. The summed E-state index contributed by atoms with van der Waals surface area (Å²) >= 11 is 0. The maximum absolute atomic E-state index is 13.1. The molecule has 6 nitrogen and oxygen atoms in total. The monoisotopic (exact) mass is 499 g/mol.